The van der Waals surface area contributed by atoms with E-state index in [1.165, 1.54) is 17.8 Å². The number of halogens is 5. The van der Waals surface area contributed by atoms with Gasteiger partial charge in [0, 0.05) is 36.9 Å². The molecular weight excluding hydrogens is 774 g/mol. The average Bonchev–Trinajstić information content (AvgIpc) is 3.53. The van der Waals surface area contributed by atoms with Crippen LogP contribution < -0.4 is 19.7 Å². The van der Waals surface area contributed by atoms with Gasteiger partial charge in [0.1, 0.15) is 24.1 Å². The smallest absolute Gasteiger partial charge is 0.393 e. The van der Waals surface area contributed by atoms with E-state index < -0.39 is 57.7 Å². The maximum absolute atomic E-state index is 15.9. The summed E-state index contributed by atoms with van der Waals surface area (Å²) in [6, 6.07) is 13.1. The lowest BCUT2D eigenvalue weighted by Crippen LogP contribution is -2.41. The fourth-order valence-corrected chi connectivity index (χ4v) is 6.86. The van der Waals surface area contributed by atoms with Gasteiger partial charge in [0.15, 0.2) is 23.5 Å². The van der Waals surface area contributed by atoms with Gasteiger partial charge in [-0.3, -0.25) is 9.10 Å². The average molecular weight is 816 g/mol. The van der Waals surface area contributed by atoms with Crippen molar-refractivity contribution in [3.05, 3.63) is 94.8 Å². The van der Waals surface area contributed by atoms with Gasteiger partial charge in [0.25, 0.3) is 5.91 Å². The molecule has 18 heteroatoms. The van der Waals surface area contributed by atoms with Crippen LogP contribution in [0.5, 0.6) is 5.75 Å². The molecular formula is C39H42F5N7O5S. The van der Waals surface area contributed by atoms with Gasteiger partial charge in [0.05, 0.1) is 35.5 Å². The third-order valence-corrected chi connectivity index (χ3v) is 10.2. The van der Waals surface area contributed by atoms with Gasteiger partial charge < -0.3 is 20.1 Å². The Hall–Kier alpha value is -5.36. The van der Waals surface area contributed by atoms with Gasteiger partial charge in [-0.25, -0.2) is 31.8 Å². The molecule has 12 nitrogen and oxygen atoms in total. The molecule has 2 N–H and O–H groups in total. The van der Waals surface area contributed by atoms with Gasteiger partial charge in [-0.15, -0.1) is 0 Å². The third kappa shape index (κ3) is 9.97. The molecule has 4 heterocycles. The van der Waals surface area contributed by atoms with Crippen molar-refractivity contribution in [3.8, 4) is 17.0 Å². The van der Waals surface area contributed by atoms with Crippen LogP contribution in [0.25, 0.3) is 22.2 Å². The van der Waals surface area contributed by atoms with Gasteiger partial charge in [-0.2, -0.15) is 18.3 Å². The number of pyridine rings is 2. The van der Waals surface area contributed by atoms with Crippen LogP contribution in [-0.4, -0.2) is 65.7 Å². The molecule has 0 aliphatic carbocycles. The lowest BCUT2D eigenvalue weighted by atomic mass is 9.99. The fraction of sp³-hybridized carbons (Fsp3) is 0.385. The second-order valence-electron chi connectivity index (χ2n) is 14.8. The van der Waals surface area contributed by atoms with Crippen molar-refractivity contribution in [1.82, 2.24) is 25.1 Å². The number of sulfonamides is 1. The van der Waals surface area contributed by atoms with Crippen LogP contribution >= 0.6 is 0 Å². The first-order valence-corrected chi connectivity index (χ1v) is 19.9. The molecule has 1 atom stereocenters. The first kappa shape index (κ1) is 41.3. The molecule has 3 aromatic heterocycles. The normalized spacial score (nSPS) is 15.1. The molecule has 5 aromatic rings. The molecule has 1 unspecified atom stereocenters. The van der Waals surface area contributed by atoms with Crippen LogP contribution in [0, 0.1) is 11.6 Å². The summed E-state index contributed by atoms with van der Waals surface area (Å²) in [4.78, 5) is 22.6. The quantitative estimate of drug-likeness (QED) is 0.121. The number of benzene rings is 2. The Morgan fingerprint density at radius 2 is 1.79 bits per heavy atom. The van der Waals surface area contributed by atoms with Crippen LogP contribution in [0.1, 0.15) is 73.4 Å². The van der Waals surface area contributed by atoms with Crippen LogP contribution in [0.3, 0.4) is 0 Å². The van der Waals surface area contributed by atoms with E-state index in [1.807, 2.05) is 0 Å². The second-order valence-corrected chi connectivity index (χ2v) is 16.8. The molecule has 0 saturated carbocycles. The Morgan fingerprint density at radius 3 is 2.44 bits per heavy atom. The highest BCUT2D eigenvalue weighted by Crippen LogP contribution is 2.39. The first-order chi connectivity index (χ1) is 26.8. The molecule has 1 amide bonds. The third-order valence-electron chi connectivity index (χ3n) is 9.04. The highest BCUT2D eigenvalue weighted by Gasteiger charge is 2.33. The van der Waals surface area contributed by atoms with Crippen LogP contribution in [0.4, 0.5) is 33.6 Å². The summed E-state index contributed by atoms with van der Waals surface area (Å²) in [7, 11) is -2.62. The number of rotatable bonds is 12. The summed E-state index contributed by atoms with van der Waals surface area (Å²) in [6.45, 7) is 5.26. The van der Waals surface area contributed by atoms with E-state index in [-0.39, 0.29) is 63.8 Å². The van der Waals surface area contributed by atoms with Gasteiger partial charge in [-0.1, -0.05) is 30.3 Å². The topological polar surface area (TPSA) is 141 Å². The maximum Gasteiger partial charge on any atom is 0.393 e. The number of carbonyl (C=O) groups excluding carboxylic acids is 1. The van der Waals surface area contributed by atoms with Crippen LogP contribution in [0.15, 0.2) is 60.8 Å². The van der Waals surface area contributed by atoms with Gasteiger partial charge >= 0.3 is 6.18 Å². The minimum atomic E-state index is -4.73. The number of fused-ring (bicyclic) bond motifs is 1. The van der Waals surface area contributed by atoms with Crippen molar-refractivity contribution in [2.75, 3.05) is 29.5 Å². The number of hydrogen-bond acceptors (Lipinski definition) is 9. The Bertz CT molecular complexity index is 2380. The largest absolute Gasteiger partial charge is 0.486 e. The molecule has 6 rings (SSSR count). The van der Waals surface area contributed by atoms with Crippen molar-refractivity contribution < 1.29 is 44.6 Å². The number of alkyl halides is 3. The predicted molar refractivity (Wildman–Crippen MR) is 204 cm³/mol. The minimum absolute atomic E-state index is 0.0655. The number of nitrogens with one attached hydrogen (secondary N) is 2. The predicted octanol–water partition coefficient (Wildman–Crippen LogP) is 7.69. The van der Waals surface area contributed by atoms with E-state index in [2.05, 4.69) is 25.7 Å². The number of carbonyl (C=O) groups is 1. The molecule has 304 valence electrons. The molecule has 0 spiro atoms. The van der Waals surface area contributed by atoms with Crippen molar-refractivity contribution >= 4 is 38.5 Å². The zero-order chi connectivity index (χ0) is 41.3. The van der Waals surface area contributed by atoms with Crippen molar-refractivity contribution in [3.63, 3.8) is 0 Å². The Morgan fingerprint density at radius 1 is 1.05 bits per heavy atom. The van der Waals surface area contributed by atoms with Crippen molar-refractivity contribution in [2.24, 2.45) is 0 Å². The molecule has 57 heavy (non-hydrogen) atoms. The standard InChI is InChI=1S/C39H42F5N7O5S/c1-38(2,3)48-37(52)34-33-30(51(49-34)32-13-9-10-14-55-32)18-29(47-35(33)45-20-25-15-26(40)21-46-36(25)50(4)57(5,53)54)27-17-28(41)31(16-24(27)19-39(42,43)44)56-22-23-11-7-6-8-12-23/h6-8,11-12,15-18,21,32H,9-10,13-14,19-20,22H2,1-5H3,(H,45,47)(H,48,52). The number of aromatic nitrogens is 4. The second kappa shape index (κ2) is 16.2. The van der Waals surface area contributed by atoms with Crippen LogP contribution in [-0.2, 0) is 34.3 Å². The van der Waals surface area contributed by atoms with Crippen molar-refractivity contribution in [2.45, 2.75) is 77.5 Å². The summed E-state index contributed by atoms with van der Waals surface area (Å²) in [5.74, 6) is -2.94. The number of anilines is 2. The van der Waals surface area contributed by atoms with E-state index in [0.29, 0.717) is 18.6 Å². The van der Waals surface area contributed by atoms with Gasteiger partial charge in [-0.05, 0) is 75.4 Å². The fourth-order valence-electron chi connectivity index (χ4n) is 6.38. The highest BCUT2D eigenvalue weighted by molar-refractivity contribution is 7.92. The lowest BCUT2D eigenvalue weighted by Gasteiger charge is -2.24. The Labute approximate surface area is 326 Å². The maximum atomic E-state index is 15.9. The molecule has 1 fully saturated rings. The van der Waals surface area contributed by atoms with Gasteiger partial charge in [0.2, 0.25) is 10.0 Å². The summed E-state index contributed by atoms with van der Waals surface area (Å²) in [6.07, 6.45) is -3.04. The minimum Gasteiger partial charge on any atom is -0.486 e. The van der Waals surface area contributed by atoms with E-state index in [9.17, 15) is 30.8 Å². The summed E-state index contributed by atoms with van der Waals surface area (Å²) >= 11 is 0. The zero-order valence-electron chi connectivity index (χ0n) is 31.9. The lowest BCUT2D eigenvalue weighted by molar-refractivity contribution is -0.127. The molecule has 2 aromatic carbocycles. The number of nitrogens with zero attached hydrogens (tertiary/aromatic N) is 5. The SMILES string of the molecule is CN(c1ncc(F)cc1CNc1nc(-c2cc(F)c(OCc3ccccc3)cc2CC(F)(F)F)cc2c1c(C(=O)NC(C)(C)C)nn2C1CCCCO1)S(C)(=O)=O. The van der Waals surface area contributed by atoms with E-state index in [0.717, 1.165) is 47.8 Å². The van der Waals surface area contributed by atoms with Crippen LogP contribution in [0.2, 0.25) is 0 Å². The summed E-state index contributed by atoms with van der Waals surface area (Å²) in [5, 5.41) is 10.7. The Balaban J connectivity index is 1.56. The van der Waals surface area contributed by atoms with E-state index in [4.69, 9.17) is 9.47 Å². The number of ether oxygens (including phenoxy) is 2. The number of hydrogen-bond donors (Lipinski definition) is 2. The molecule has 0 bridgehead atoms. The molecule has 1 aliphatic heterocycles. The highest BCUT2D eigenvalue weighted by atomic mass is 32.2. The Kier molecular flexibility index (Phi) is 11.8. The monoisotopic (exact) mass is 815 g/mol. The van der Waals surface area contributed by atoms with Crippen molar-refractivity contribution in [1.29, 1.82) is 0 Å². The number of amides is 1. The first-order valence-electron chi connectivity index (χ1n) is 18.0. The molecule has 1 saturated heterocycles. The molecule has 1 aliphatic rings. The van der Waals surface area contributed by atoms with E-state index in [1.54, 1.807) is 51.1 Å². The zero-order valence-corrected chi connectivity index (χ0v) is 32.7. The van der Waals surface area contributed by atoms with E-state index >= 15 is 4.39 Å². The summed E-state index contributed by atoms with van der Waals surface area (Å²) < 4.78 is 112. The molecule has 0 radical (unpaired) electrons. The summed E-state index contributed by atoms with van der Waals surface area (Å²) in [5.41, 5.74) is -0.548.